The molecule has 0 aliphatic heterocycles. The molecule has 116 valence electrons. The number of thioether (sulfide) groups is 1. The van der Waals surface area contributed by atoms with Crippen molar-refractivity contribution in [2.45, 2.75) is 12.1 Å². The van der Waals surface area contributed by atoms with Crippen LogP contribution >= 0.6 is 11.8 Å². The number of imidazole rings is 1. The number of nitrogens with zero attached hydrogens (tertiary/aromatic N) is 2. The number of carbonyl (C=O) groups is 1. The van der Waals surface area contributed by atoms with Gasteiger partial charge in [0.05, 0.1) is 22.5 Å². The SMILES string of the molecule is C/C(=N/NC(=O)CSc1nc2ccccc2[nH]1)c1ccccc1. The fourth-order valence-electron chi connectivity index (χ4n) is 2.05. The van der Waals surface area contributed by atoms with Crippen LogP contribution in [-0.4, -0.2) is 27.3 Å². The highest BCUT2D eigenvalue weighted by molar-refractivity contribution is 7.99. The Morgan fingerprint density at radius 1 is 1.17 bits per heavy atom. The number of fused-ring (bicyclic) bond motifs is 1. The Balaban J connectivity index is 1.55. The molecule has 0 saturated heterocycles. The van der Waals surface area contributed by atoms with Gasteiger partial charge in [0.25, 0.3) is 5.91 Å². The first-order valence-corrected chi connectivity index (χ1v) is 8.17. The number of amides is 1. The Hall–Kier alpha value is -2.60. The van der Waals surface area contributed by atoms with Gasteiger partial charge in [0.15, 0.2) is 5.16 Å². The van der Waals surface area contributed by atoms with E-state index < -0.39 is 0 Å². The Bertz CT molecular complexity index is 809. The molecule has 6 heteroatoms. The molecule has 0 saturated carbocycles. The van der Waals surface area contributed by atoms with Crippen LogP contribution in [0.1, 0.15) is 12.5 Å². The summed E-state index contributed by atoms with van der Waals surface area (Å²) in [5, 5.41) is 4.85. The van der Waals surface area contributed by atoms with E-state index in [0.29, 0.717) is 0 Å². The van der Waals surface area contributed by atoms with E-state index in [1.807, 2.05) is 61.5 Å². The number of aromatic amines is 1. The van der Waals surface area contributed by atoms with Crippen molar-refractivity contribution in [3.63, 3.8) is 0 Å². The lowest BCUT2D eigenvalue weighted by Crippen LogP contribution is -2.21. The van der Waals surface area contributed by atoms with Crippen LogP contribution in [-0.2, 0) is 4.79 Å². The maximum absolute atomic E-state index is 11.9. The number of para-hydroxylation sites is 2. The molecular weight excluding hydrogens is 308 g/mol. The smallest absolute Gasteiger partial charge is 0.250 e. The number of rotatable bonds is 5. The zero-order valence-corrected chi connectivity index (χ0v) is 13.4. The van der Waals surface area contributed by atoms with E-state index in [4.69, 9.17) is 0 Å². The van der Waals surface area contributed by atoms with Crippen molar-refractivity contribution in [1.82, 2.24) is 15.4 Å². The standard InChI is InChI=1S/C17H16N4OS/c1-12(13-7-3-2-4-8-13)20-21-16(22)11-23-17-18-14-9-5-6-10-15(14)19-17/h2-10H,11H2,1H3,(H,18,19)(H,21,22)/b20-12-. The van der Waals surface area contributed by atoms with Crippen LogP contribution in [0, 0.1) is 0 Å². The summed E-state index contributed by atoms with van der Waals surface area (Å²) in [7, 11) is 0. The van der Waals surface area contributed by atoms with Crippen molar-refractivity contribution in [1.29, 1.82) is 0 Å². The fourth-order valence-corrected chi connectivity index (χ4v) is 2.73. The maximum Gasteiger partial charge on any atom is 0.250 e. The van der Waals surface area contributed by atoms with E-state index in [-0.39, 0.29) is 11.7 Å². The number of H-pyrrole nitrogens is 1. The number of benzene rings is 2. The Kier molecular flexibility index (Phi) is 4.73. The lowest BCUT2D eigenvalue weighted by Gasteiger charge is -2.02. The van der Waals surface area contributed by atoms with E-state index in [2.05, 4.69) is 20.5 Å². The first-order valence-electron chi connectivity index (χ1n) is 7.18. The van der Waals surface area contributed by atoms with Gasteiger partial charge in [-0.15, -0.1) is 0 Å². The largest absolute Gasteiger partial charge is 0.333 e. The van der Waals surface area contributed by atoms with E-state index in [1.54, 1.807) is 0 Å². The highest BCUT2D eigenvalue weighted by atomic mass is 32.2. The minimum absolute atomic E-state index is 0.161. The van der Waals surface area contributed by atoms with Gasteiger partial charge in [0, 0.05) is 0 Å². The predicted molar refractivity (Wildman–Crippen MR) is 93.6 cm³/mol. The quantitative estimate of drug-likeness (QED) is 0.430. The van der Waals surface area contributed by atoms with Crippen molar-refractivity contribution in [3.05, 3.63) is 60.2 Å². The molecule has 1 aromatic heterocycles. The van der Waals surface area contributed by atoms with Gasteiger partial charge in [0.2, 0.25) is 0 Å². The summed E-state index contributed by atoms with van der Waals surface area (Å²) in [4.78, 5) is 19.5. The summed E-state index contributed by atoms with van der Waals surface area (Å²) in [6.45, 7) is 1.86. The summed E-state index contributed by atoms with van der Waals surface area (Å²) < 4.78 is 0. The van der Waals surface area contributed by atoms with Gasteiger partial charge in [0.1, 0.15) is 0 Å². The van der Waals surface area contributed by atoms with Crippen LogP contribution in [0.5, 0.6) is 0 Å². The Labute approximate surface area is 138 Å². The van der Waals surface area contributed by atoms with Gasteiger partial charge >= 0.3 is 0 Å². The lowest BCUT2D eigenvalue weighted by atomic mass is 10.1. The molecule has 2 N–H and O–H groups in total. The number of aromatic nitrogens is 2. The molecule has 23 heavy (non-hydrogen) atoms. The highest BCUT2D eigenvalue weighted by Gasteiger charge is 2.06. The third kappa shape index (κ3) is 3.98. The minimum Gasteiger partial charge on any atom is -0.333 e. The number of hydrazone groups is 1. The molecule has 0 aliphatic carbocycles. The normalized spacial score (nSPS) is 11.6. The Morgan fingerprint density at radius 2 is 1.91 bits per heavy atom. The average molecular weight is 324 g/mol. The first-order chi connectivity index (χ1) is 11.2. The number of hydrogen-bond acceptors (Lipinski definition) is 4. The molecular formula is C17H16N4OS. The molecule has 1 heterocycles. The second kappa shape index (κ2) is 7.11. The zero-order chi connectivity index (χ0) is 16.1. The Morgan fingerprint density at radius 3 is 2.70 bits per heavy atom. The second-order valence-corrected chi connectivity index (χ2v) is 5.91. The van der Waals surface area contributed by atoms with Crippen LogP contribution in [0.15, 0.2) is 64.9 Å². The van der Waals surface area contributed by atoms with Gasteiger partial charge in [-0.2, -0.15) is 5.10 Å². The molecule has 1 amide bonds. The van der Waals surface area contributed by atoms with Crippen molar-refractivity contribution >= 4 is 34.4 Å². The van der Waals surface area contributed by atoms with Crippen LogP contribution in [0.3, 0.4) is 0 Å². The third-order valence-corrected chi connectivity index (χ3v) is 4.12. The van der Waals surface area contributed by atoms with Crippen LogP contribution in [0.25, 0.3) is 11.0 Å². The number of carbonyl (C=O) groups excluding carboxylic acids is 1. The van der Waals surface area contributed by atoms with E-state index in [0.717, 1.165) is 27.5 Å². The van der Waals surface area contributed by atoms with Gasteiger partial charge in [-0.25, -0.2) is 10.4 Å². The lowest BCUT2D eigenvalue weighted by molar-refractivity contribution is -0.118. The monoisotopic (exact) mass is 324 g/mol. The second-order valence-electron chi connectivity index (χ2n) is 4.95. The summed E-state index contributed by atoms with van der Waals surface area (Å²) in [6.07, 6.45) is 0. The van der Waals surface area contributed by atoms with Crippen molar-refractivity contribution < 1.29 is 4.79 Å². The molecule has 0 radical (unpaired) electrons. The molecule has 2 aromatic carbocycles. The third-order valence-electron chi connectivity index (χ3n) is 3.25. The van der Waals surface area contributed by atoms with Gasteiger partial charge in [-0.1, -0.05) is 54.2 Å². The maximum atomic E-state index is 11.9. The van der Waals surface area contributed by atoms with E-state index in [9.17, 15) is 4.79 Å². The van der Waals surface area contributed by atoms with Gasteiger partial charge in [-0.3, -0.25) is 4.79 Å². The molecule has 0 bridgehead atoms. The average Bonchev–Trinajstić information content (AvgIpc) is 3.01. The predicted octanol–water partition coefficient (Wildman–Crippen LogP) is 3.20. The molecule has 0 spiro atoms. The molecule has 5 nitrogen and oxygen atoms in total. The van der Waals surface area contributed by atoms with Crippen molar-refractivity contribution in [2.75, 3.05) is 5.75 Å². The van der Waals surface area contributed by atoms with Crippen molar-refractivity contribution in [2.24, 2.45) is 5.10 Å². The zero-order valence-electron chi connectivity index (χ0n) is 12.6. The van der Waals surface area contributed by atoms with Crippen molar-refractivity contribution in [3.8, 4) is 0 Å². The number of nitrogens with one attached hydrogen (secondary N) is 2. The first kappa shape index (κ1) is 15.3. The summed E-state index contributed by atoms with van der Waals surface area (Å²) in [5.74, 6) is 0.0940. The molecule has 3 aromatic rings. The molecule has 3 rings (SSSR count). The van der Waals surface area contributed by atoms with E-state index in [1.165, 1.54) is 11.8 Å². The number of hydrogen-bond donors (Lipinski definition) is 2. The van der Waals surface area contributed by atoms with Crippen LogP contribution < -0.4 is 5.43 Å². The van der Waals surface area contributed by atoms with Crippen LogP contribution in [0.2, 0.25) is 0 Å². The molecule has 0 atom stereocenters. The fraction of sp³-hybridized carbons (Fsp3) is 0.118. The summed E-state index contributed by atoms with van der Waals surface area (Å²) in [5.41, 5.74) is 6.19. The minimum atomic E-state index is -0.161. The molecule has 0 aliphatic rings. The summed E-state index contributed by atoms with van der Waals surface area (Å²) in [6, 6.07) is 17.5. The van der Waals surface area contributed by atoms with Gasteiger partial charge in [-0.05, 0) is 24.6 Å². The van der Waals surface area contributed by atoms with Crippen LogP contribution in [0.4, 0.5) is 0 Å². The highest BCUT2D eigenvalue weighted by Crippen LogP contribution is 2.18. The summed E-state index contributed by atoms with van der Waals surface area (Å²) >= 11 is 1.35. The van der Waals surface area contributed by atoms with E-state index >= 15 is 0 Å². The van der Waals surface area contributed by atoms with Gasteiger partial charge < -0.3 is 4.98 Å². The molecule has 0 fully saturated rings. The topological polar surface area (TPSA) is 70.1 Å². The molecule has 0 unspecified atom stereocenters.